The quantitative estimate of drug-likeness (QED) is 0.811. The third kappa shape index (κ3) is 2.41. The average Bonchev–Trinajstić information content (AvgIpc) is 2.85. The Labute approximate surface area is 100 Å². The van der Waals surface area contributed by atoms with Gasteiger partial charge in [0.15, 0.2) is 5.69 Å². The first-order valence-corrected chi connectivity index (χ1v) is 5.69. The Kier molecular flexibility index (Phi) is 3.33. The monoisotopic (exact) mass is 238 g/mol. The van der Waals surface area contributed by atoms with E-state index in [0.717, 1.165) is 19.5 Å². The minimum Gasteiger partial charge on any atom is -0.396 e. The molecule has 2 rings (SSSR count). The van der Waals surface area contributed by atoms with E-state index < -0.39 is 0 Å². The van der Waals surface area contributed by atoms with Crippen molar-refractivity contribution in [1.29, 1.82) is 0 Å². The van der Waals surface area contributed by atoms with Crippen LogP contribution in [0.2, 0.25) is 0 Å². The normalized spacial score (nSPS) is 19.9. The Morgan fingerprint density at radius 3 is 3.06 bits per heavy atom. The lowest BCUT2D eigenvalue weighted by Crippen LogP contribution is -2.30. The standard InChI is InChI=1S/C11H18N4O2/c1-14-6-9(12)10(13-14)11(16)15-4-3-8(5-15)7-17-2/h6,8H,3-5,7,12H2,1-2H3. The molecule has 1 unspecified atom stereocenters. The molecular formula is C11H18N4O2. The number of hydrogen-bond donors (Lipinski definition) is 1. The number of nitrogens with zero attached hydrogens (tertiary/aromatic N) is 3. The van der Waals surface area contributed by atoms with Gasteiger partial charge >= 0.3 is 0 Å². The molecule has 2 heterocycles. The lowest BCUT2D eigenvalue weighted by Gasteiger charge is -2.15. The van der Waals surface area contributed by atoms with Crippen molar-refractivity contribution in [3.05, 3.63) is 11.9 Å². The van der Waals surface area contributed by atoms with Crippen molar-refractivity contribution >= 4 is 11.6 Å². The molecule has 1 aromatic rings. The third-order valence-corrected chi connectivity index (χ3v) is 3.04. The number of methoxy groups -OCH3 is 1. The molecule has 0 saturated carbocycles. The van der Waals surface area contributed by atoms with Gasteiger partial charge in [0.1, 0.15) is 0 Å². The molecule has 0 aromatic carbocycles. The van der Waals surface area contributed by atoms with Crippen molar-refractivity contribution in [1.82, 2.24) is 14.7 Å². The molecule has 17 heavy (non-hydrogen) atoms. The molecule has 1 saturated heterocycles. The largest absolute Gasteiger partial charge is 0.396 e. The number of amides is 1. The number of nitrogens with two attached hydrogens (primary N) is 1. The number of rotatable bonds is 3. The van der Waals surface area contributed by atoms with Crippen LogP contribution in [0.3, 0.4) is 0 Å². The van der Waals surface area contributed by atoms with Crippen LogP contribution >= 0.6 is 0 Å². The number of likely N-dealkylation sites (tertiary alicyclic amines) is 1. The molecule has 0 bridgehead atoms. The van der Waals surface area contributed by atoms with Crippen LogP contribution in [0.25, 0.3) is 0 Å². The van der Waals surface area contributed by atoms with E-state index >= 15 is 0 Å². The average molecular weight is 238 g/mol. The first-order chi connectivity index (χ1) is 8.11. The molecule has 0 radical (unpaired) electrons. The van der Waals surface area contributed by atoms with Crippen LogP contribution in [0.4, 0.5) is 5.69 Å². The van der Waals surface area contributed by atoms with Gasteiger partial charge in [0.2, 0.25) is 0 Å². The Morgan fingerprint density at radius 2 is 2.47 bits per heavy atom. The summed E-state index contributed by atoms with van der Waals surface area (Å²) in [6.45, 7) is 2.17. The van der Waals surface area contributed by atoms with Crippen LogP contribution in [-0.2, 0) is 11.8 Å². The Balaban J connectivity index is 2.04. The summed E-state index contributed by atoms with van der Waals surface area (Å²) in [5, 5.41) is 4.09. The molecule has 0 spiro atoms. The smallest absolute Gasteiger partial charge is 0.276 e. The maximum absolute atomic E-state index is 12.2. The fourth-order valence-electron chi connectivity index (χ4n) is 2.21. The number of aryl methyl sites for hydroxylation is 1. The van der Waals surface area contributed by atoms with Crippen molar-refractivity contribution in [2.24, 2.45) is 13.0 Å². The molecule has 1 aliphatic heterocycles. The summed E-state index contributed by atoms with van der Waals surface area (Å²) < 4.78 is 6.67. The van der Waals surface area contributed by atoms with Crippen molar-refractivity contribution in [2.45, 2.75) is 6.42 Å². The number of aromatic nitrogens is 2. The highest BCUT2D eigenvalue weighted by Gasteiger charge is 2.29. The van der Waals surface area contributed by atoms with Gasteiger partial charge in [-0.25, -0.2) is 0 Å². The van der Waals surface area contributed by atoms with E-state index in [0.29, 0.717) is 23.9 Å². The van der Waals surface area contributed by atoms with Crippen molar-refractivity contribution < 1.29 is 9.53 Å². The van der Waals surface area contributed by atoms with Gasteiger partial charge in [-0.05, 0) is 6.42 Å². The second kappa shape index (κ2) is 4.75. The second-order valence-electron chi connectivity index (χ2n) is 4.47. The Bertz CT molecular complexity index is 416. The summed E-state index contributed by atoms with van der Waals surface area (Å²) in [6.07, 6.45) is 2.63. The van der Waals surface area contributed by atoms with E-state index in [2.05, 4.69) is 5.10 Å². The van der Waals surface area contributed by atoms with Gasteiger partial charge < -0.3 is 15.4 Å². The lowest BCUT2D eigenvalue weighted by molar-refractivity contribution is 0.0770. The summed E-state index contributed by atoms with van der Waals surface area (Å²) in [5.74, 6) is 0.343. The predicted octanol–water partition coefficient (Wildman–Crippen LogP) is 0.111. The first-order valence-electron chi connectivity index (χ1n) is 5.69. The zero-order valence-corrected chi connectivity index (χ0v) is 10.2. The van der Waals surface area contributed by atoms with Gasteiger partial charge in [-0.3, -0.25) is 9.48 Å². The van der Waals surface area contributed by atoms with E-state index in [1.165, 1.54) is 0 Å². The van der Waals surface area contributed by atoms with Crippen LogP contribution in [0.1, 0.15) is 16.9 Å². The van der Waals surface area contributed by atoms with Crippen molar-refractivity contribution in [3.8, 4) is 0 Å². The van der Waals surface area contributed by atoms with Crippen molar-refractivity contribution in [3.63, 3.8) is 0 Å². The van der Waals surface area contributed by atoms with Crippen LogP contribution in [0.5, 0.6) is 0 Å². The lowest BCUT2D eigenvalue weighted by atomic mass is 10.1. The van der Waals surface area contributed by atoms with Gasteiger partial charge in [0.25, 0.3) is 5.91 Å². The highest BCUT2D eigenvalue weighted by molar-refractivity contribution is 5.97. The third-order valence-electron chi connectivity index (χ3n) is 3.04. The van der Waals surface area contributed by atoms with Gasteiger partial charge in [0, 0.05) is 39.4 Å². The van der Waals surface area contributed by atoms with E-state index in [-0.39, 0.29) is 5.91 Å². The van der Waals surface area contributed by atoms with E-state index in [9.17, 15) is 4.79 Å². The van der Waals surface area contributed by atoms with E-state index in [1.54, 1.807) is 29.9 Å². The fraction of sp³-hybridized carbons (Fsp3) is 0.636. The van der Waals surface area contributed by atoms with Crippen LogP contribution in [-0.4, -0.2) is 47.4 Å². The van der Waals surface area contributed by atoms with Gasteiger partial charge in [0.05, 0.1) is 12.3 Å². The SMILES string of the molecule is COCC1CCN(C(=O)c2nn(C)cc2N)C1. The molecule has 6 nitrogen and oxygen atoms in total. The first kappa shape index (κ1) is 11.9. The summed E-state index contributed by atoms with van der Waals surface area (Å²) in [5.41, 5.74) is 6.54. The molecule has 1 aliphatic rings. The zero-order chi connectivity index (χ0) is 12.4. The van der Waals surface area contributed by atoms with Gasteiger partial charge in [-0.1, -0.05) is 0 Å². The maximum Gasteiger partial charge on any atom is 0.276 e. The Hall–Kier alpha value is -1.56. The summed E-state index contributed by atoms with van der Waals surface area (Å²) >= 11 is 0. The molecule has 6 heteroatoms. The van der Waals surface area contributed by atoms with Crippen LogP contribution in [0, 0.1) is 5.92 Å². The van der Waals surface area contributed by atoms with Gasteiger partial charge in [-0.2, -0.15) is 5.10 Å². The number of anilines is 1. The number of hydrogen-bond acceptors (Lipinski definition) is 4. The zero-order valence-electron chi connectivity index (χ0n) is 10.2. The van der Waals surface area contributed by atoms with Crippen molar-refractivity contribution in [2.75, 3.05) is 32.5 Å². The highest BCUT2D eigenvalue weighted by Crippen LogP contribution is 2.20. The minimum absolute atomic E-state index is 0.0818. The molecular weight excluding hydrogens is 220 g/mol. The number of carbonyl (C=O) groups excluding carboxylic acids is 1. The molecule has 1 fully saturated rings. The molecule has 1 atom stereocenters. The molecule has 0 aliphatic carbocycles. The summed E-state index contributed by atoms with van der Waals surface area (Å²) in [6, 6.07) is 0. The maximum atomic E-state index is 12.2. The minimum atomic E-state index is -0.0818. The fourth-order valence-corrected chi connectivity index (χ4v) is 2.21. The topological polar surface area (TPSA) is 73.4 Å². The number of carbonyl (C=O) groups is 1. The van der Waals surface area contributed by atoms with E-state index in [1.807, 2.05) is 0 Å². The second-order valence-corrected chi connectivity index (χ2v) is 4.47. The van der Waals surface area contributed by atoms with Crippen LogP contribution < -0.4 is 5.73 Å². The van der Waals surface area contributed by atoms with Crippen LogP contribution in [0.15, 0.2) is 6.20 Å². The molecule has 1 aromatic heterocycles. The van der Waals surface area contributed by atoms with E-state index in [4.69, 9.17) is 10.5 Å². The summed E-state index contributed by atoms with van der Waals surface area (Å²) in [7, 11) is 3.44. The predicted molar refractivity (Wildman–Crippen MR) is 63.5 cm³/mol. The summed E-state index contributed by atoms with van der Waals surface area (Å²) in [4.78, 5) is 14.0. The van der Waals surface area contributed by atoms with Gasteiger partial charge in [-0.15, -0.1) is 0 Å². The molecule has 94 valence electrons. The molecule has 1 amide bonds. The highest BCUT2D eigenvalue weighted by atomic mass is 16.5. The Morgan fingerprint density at radius 1 is 1.71 bits per heavy atom. The molecule has 2 N–H and O–H groups in total. The number of ether oxygens (including phenoxy) is 1. The number of nitrogen functional groups attached to an aromatic ring is 1.